The van der Waals surface area contributed by atoms with Crippen LogP contribution < -0.4 is 21.9 Å². The standard InChI is InChI=1S/C25H32BrN7O4S/c26-19-3-5-21(28-17-19)29-24(38)27-8-12-31-15-13-30(14-16-31)9-1-2-10-32-22(35)7-11-33(25(32)36)23-6-4-20(18-34)37-23/h1-7,11,17,20,23,34H,8-10,12-16,18H2,(H2,27,28,29,38)/b2-1+/t20-,23+/m0/s1. The molecule has 204 valence electrons. The molecule has 3 N–H and O–H groups in total. The van der Waals surface area contributed by atoms with Crippen molar-refractivity contribution >= 4 is 39.1 Å². The number of allylic oxidation sites excluding steroid dienone is 1. The van der Waals surface area contributed by atoms with Crippen LogP contribution in [0.1, 0.15) is 6.23 Å². The number of hydrogen-bond donors (Lipinski definition) is 3. The molecule has 2 aliphatic rings. The van der Waals surface area contributed by atoms with Crippen LogP contribution in [0, 0.1) is 0 Å². The van der Waals surface area contributed by atoms with Crippen LogP contribution in [0.3, 0.4) is 0 Å². The van der Waals surface area contributed by atoms with E-state index in [0.29, 0.717) is 10.9 Å². The van der Waals surface area contributed by atoms with Crippen molar-refractivity contribution in [1.29, 1.82) is 0 Å². The zero-order valence-corrected chi connectivity index (χ0v) is 23.3. The Labute approximate surface area is 234 Å². The highest BCUT2D eigenvalue weighted by Crippen LogP contribution is 2.18. The SMILES string of the molecule is O=c1ccn([C@H]2C=C[C@@H](CO)O2)c(=O)n1C/C=C/CN1CCN(CCNC(=S)Nc2ccc(Br)cn2)CC1. The van der Waals surface area contributed by atoms with Crippen molar-refractivity contribution in [3.05, 3.63) is 80.2 Å². The smallest absolute Gasteiger partial charge is 0.333 e. The largest absolute Gasteiger partial charge is 0.393 e. The molecule has 2 aromatic heterocycles. The van der Waals surface area contributed by atoms with Crippen LogP contribution in [-0.2, 0) is 11.3 Å². The van der Waals surface area contributed by atoms with Crippen molar-refractivity contribution in [3.63, 3.8) is 0 Å². The lowest BCUT2D eigenvalue weighted by Crippen LogP contribution is -2.48. The van der Waals surface area contributed by atoms with E-state index in [-0.39, 0.29) is 18.7 Å². The van der Waals surface area contributed by atoms with Gasteiger partial charge in [0.15, 0.2) is 11.3 Å². The van der Waals surface area contributed by atoms with Crippen molar-refractivity contribution in [3.8, 4) is 0 Å². The van der Waals surface area contributed by atoms with E-state index in [1.165, 1.54) is 21.4 Å². The predicted octanol–water partition coefficient (Wildman–Crippen LogP) is 0.774. The number of hydrogen-bond acceptors (Lipinski definition) is 8. The third kappa shape index (κ3) is 7.91. The van der Waals surface area contributed by atoms with Crippen LogP contribution in [-0.4, -0.2) is 92.7 Å². The molecule has 1 saturated heterocycles. The van der Waals surface area contributed by atoms with Gasteiger partial charge in [-0.15, -0.1) is 0 Å². The number of rotatable bonds is 10. The summed E-state index contributed by atoms with van der Waals surface area (Å²) in [6, 6.07) is 5.12. The van der Waals surface area contributed by atoms with Crippen molar-refractivity contribution in [2.45, 2.75) is 18.9 Å². The minimum absolute atomic E-state index is 0.161. The fourth-order valence-electron chi connectivity index (χ4n) is 4.18. The molecule has 0 unspecified atom stereocenters. The van der Waals surface area contributed by atoms with E-state index < -0.39 is 18.0 Å². The molecule has 38 heavy (non-hydrogen) atoms. The molecule has 0 amide bonds. The molecule has 0 aliphatic carbocycles. The maximum Gasteiger partial charge on any atom is 0.333 e. The lowest BCUT2D eigenvalue weighted by Gasteiger charge is -2.34. The van der Waals surface area contributed by atoms with Crippen LogP contribution in [0.2, 0.25) is 0 Å². The van der Waals surface area contributed by atoms with Crippen molar-refractivity contribution in [1.82, 2.24) is 29.2 Å². The molecule has 2 atom stereocenters. The number of halogens is 1. The molecule has 4 heterocycles. The van der Waals surface area contributed by atoms with Gasteiger partial charge in [0.05, 0.1) is 6.61 Å². The van der Waals surface area contributed by atoms with Crippen molar-refractivity contribution in [2.24, 2.45) is 0 Å². The molecule has 0 aromatic carbocycles. The van der Waals surface area contributed by atoms with Crippen molar-refractivity contribution < 1.29 is 9.84 Å². The lowest BCUT2D eigenvalue weighted by atomic mass is 10.3. The zero-order chi connectivity index (χ0) is 26.9. The van der Waals surface area contributed by atoms with Gasteiger partial charge in [-0.3, -0.25) is 23.7 Å². The molecule has 1 fully saturated rings. The van der Waals surface area contributed by atoms with E-state index in [9.17, 15) is 14.7 Å². The van der Waals surface area contributed by atoms with Gasteiger partial charge in [0.25, 0.3) is 5.56 Å². The highest BCUT2D eigenvalue weighted by Gasteiger charge is 2.21. The molecule has 2 aliphatic heterocycles. The Bertz CT molecular complexity index is 1260. The molecular formula is C25H32BrN7O4S. The Balaban J connectivity index is 1.15. The van der Waals surface area contributed by atoms with Crippen LogP contribution in [0.5, 0.6) is 0 Å². The van der Waals surface area contributed by atoms with E-state index in [4.69, 9.17) is 17.0 Å². The van der Waals surface area contributed by atoms with Gasteiger partial charge in [0, 0.05) is 75.3 Å². The summed E-state index contributed by atoms with van der Waals surface area (Å²) in [6.45, 7) is 6.20. The molecule has 0 spiro atoms. The highest BCUT2D eigenvalue weighted by molar-refractivity contribution is 9.10. The minimum atomic E-state index is -0.627. The van der Waals surface area contributed by atoms with Crippen molar-refractivity contribution in [2.75, 3.05) is 57.7 Å². The Hall–Kier alpha value is -2.68. The van der Waals surface area contributed by atoms with Crippen LogP contribution >= 0.6 is 28.1 Å². The first-order chi connectivity index (χ1) is 18.4. The topological polar surface area (TPSA) is 117 Å². The first-order valence-corrected chi connectivity index (χ1v) is 13.7. The molecule has 11 nitrogen and oxygen atoms in total. The number of nitrogens with one attached hydrogen (secondary N) is 2. The number of aromatic nitrogens is 3. The van der Waals surface area contributed by atoms with Crippen LogP contribution in [0.4, 0.5) is 5.82 Å². The van der Waals surface area contributed by atoms with E-state index in [0.717, 1.165) is 50.3 Å². The molecule has 4 rings (SSSR count). The van der Waals surface area contributed by atoms with E-state index >= 15 is 0 Å². The average Bonchev–Trinajstić information content (AvgIpc) is 3.39. The fourth-order valence-corrected chi connectivity index (χ4v) is 4.62. The highest BCUT2D eigenvalue weighted by atomic mass is 79.9. The van der Waals surface area contributed by atoms with Gasteiger partial charge < -0.3 is 20.5 Å². The summed E-state index contributed by atoms with van der Waals surface area (Å²) in [4.78, 5) is 34.1. The number of nitrogens with zero attached hydrogens (tertiary/aromatic N) is 5. The second kappa shape index (κ2) is 13.9. The van der Waals surface area contributed by atoms with Gasteiger partial charge in [-0.2, -0.15) is 0 Å². The summed E-state index contributed by atoms with van der Waals surface area (Å²) in [5, 5.41) is 16.1. The Morgan fingerprint density at radius 3 is 2.61 bits per heavy atom. The average molecular weight is 607 g/mol. The third-order valence-electron chi connectivity index (χ3n) is 6.32. The third-order valence-corrected chi connectivity index (χ3v) is 7.04. The van der Waals surface area contributed by atoms with E-state index in [1.807, 2.05) is 24.3 Å². The summed E-state index contributed by atoms with van der Waals surface area (Å²) in [6.07, 6.45) is 9.32. The molecule has 0 saturated carbocycles. The fraction of sp³-hybridized carbons (Fsp3) is 0.440. The van der Waals surface area contributed by atoms with Gasteiger partial charge in [0.1, 0.15) is 11.9 Å². The zero-order valence-electron chi connectivity index (χ0n) is 20.9. The predicted molar refractivity (Wildman–Crippen MR) is 153 cm³/mol. The second-order valence-electron chi connectivity index (χ2n) is 8.94. The maximum atomic E-state index is 12.8. The number of piperazine rings is 1. The Kier molecular flexibility index (Phi) is 10.4. The summed E-state index contributed by atoms with van der Waals surface area (Å²) in [5.41, 5.74) is -0.804. The monoisotopic (exact) mass is 605 g/mol. The molecule has 0 radical (unpaired) electrons. The van der Waals surface area contributed by atoms with Crippen LogP contribution in [0.25, 0.3) is 0 Å². The molecule has 13 heteroatoms. The minimum Gasteiger partial charge on any atom is -0.393 e. The van der Waals surface area contributed by atoms with E-state index in [2.05, 4.69) is 41.3 Å². The van der Waals surface area contributed by atoms with Gasteiger partial charge >= 0.3 is 5.69 Å². The first kappa shape index (κ1) is 28.3. The number of thiocarbonyl (C=S) groups is 1. The Morgan fingerprint density at radius 1 is 1.13 bits per heavy atom. The van der Waals surface area contributed by atoms with Crippen LogP contribution in [0.15, 0.2) is 69.0 Å². The molecule has 2 aromatic rings. The number of anilines is 1. The lowest BCUT2D eigenvalue weighted by molar-refractivity contribution is -0.0109. The summed E-state index contributed by atoms with van der Waals surface area (Å²) in [5.74, 6) is 0.700. The van der Waals surface area contributed by atoms with E-state index in [1.54, 1.807) is 18.3 Å². The number of pyridine rings is 1. The van der Waals surface area contributed by atoms with Gasteiger partial charge in [-0.1, -0.05) is 18.2 Å². The second-order valence-corrected chi connectivity index (χ2v) is 10.3. The summed E-state index contributed by atoms with van der Waals surface area (Å²) < 4.78 is 9.04. The molecule has 0 bridgehead atoms. The van der Waals surface area contributed by atoms with Gasteiger partial charge in [-0.05, 0) is 46.4 Å². The molecular weight excluding hydrogens is 574 g/mol. The maximum absolute atomic E-state index is 12.8. The summed E-state index contributed by atoms with van der Waals surface area (Å²) >= 11 is 8.70. The van der Waals surface area contributed by atoms with Gasteiger partial charge in [-0.25, -0.2) is 9.78 Å². The normalized spacial score (nSPS) is 20.3. The number of ether oxygens (including phenoxy) is 1. The first-order valence-electron chi connectivity index (χ1n) is 12.5. The van der Waals surface area contributed by atoms with Gasteiger partial charge in [0.2, 0.25) is 0 Å². The quantitative estimate of drug-likeness (QED) is 0.265. The number of aliphatic hydroxyl groups is 1. The number of aliphatic hydroxyl groups excluding tert-OH is 1. The summed E-state index contributed by atoms with van der Waals surface area (Å²) in [7, 11) is 0. The Morgan fingerprint density at radius 2 is 1.89 bits per heavy atom.